The first kappa shape index (κ1) is 13.1. The van der Waals surface area contributed by atoms with Crippen LogP contribution in [-0.2, 0) is 11.2 Å². The number of carbonyl (C=O) groups excluding carboxylic acids is 1. The number of benzene rings is 2. The maximum absolute atomic E-state index is 11.3. The minimum atomic E-state index is -0.0580. The molecule has 0 radical (unpaired) electrons. The van der Waals surface area contributed by atoms with Crippen molar-refractivity contribution in [1.82, 2.24) is 0 Å². The van der Waals surface area contributed by atoms with Gasteiger partial charge in [-0.25, -0.2) is 0 Å². The second-order valence-electron chi connectivity index (χ2n) is 4.45. The smallest absolute Gasteiger partial charge is 0.228 e. The fraction of sp³-hybridized carbons (Fsp3) is 0.0714. The Labute approximate surface area is 125 Å². The fourth-order valence-electron chi connectivity index (χ4n) is 2.04. The van der Waals surface area contributed by atoms with Gasteiger partial charge in [-0.15, -0.1) is 0 Å². The van der Waals surface area contributed by atoms with Crippen LogP contribution >= 0.6 is 23.2 Å². The number of nitrogens with one attached hydrogen (secondary N) is 1. The molecule has 0 saturated carbocycles. The number of fused-ring (bicyclic) bond motifs is 1. The predicted molar refractivity (Wildman–Crippen MR) is 79.7 cm³/mol. The van der Waals surface area contributed by atoms with Gasteiger partial charge in [0.1, 0.15) is 5.75 Å². The molecular formula is C14H10Cl2N2O2. The highest BCUT2D eigenvalue weighted by Gasteiger charge is 2.20. The van der Waals surface area contributed by atoms with E-state index >= 15 is 0 Å². The summed E-state index contributed by atoms with van der Waals surface area (Å²) < 4.78 is 5.69. The normalized spacial score (nSPS) is 13.0. The zero-order chi connectivity index (χ0) is 14.3. The van der Waals surface area contributed by atoms with Gasteiger partial charge in [0.2, 0.25) is 5.91 Å². The Hall–Kier alpha value is -1.91. The lowest BCUT2D eigenvalue weighted by atomic mass is 10.1. The molecule has 0 unspecified atom stereocenters. The van der Waals surface area contributed by atoms with Crippen molar-refractivity contribution < 1.29 is 9.53 Å². The van der Waals surface area contributed by atoms with Gasteiger partial charge in [0, 0.05) is 22.8 Å². The van der Waals surface area contributed by atoms with Crippen LogP contribution < -0.4 is 15.8 Å². The van der Waals surface area contributed by atoms with Crippen LogP contribution in [0.25, 0.3) is 0 Å². The SMILES string of the molecule is Nc1cc2c(cc1Oc1cc(Cl)ccc1Cl)NC(=O)C2. The molecule has 3 N–H and O–H groups in total. The maximum atomic E-state index is 11.3. The van der Waals surface area contributed by atoms with E-state index in [0.717, 1.165) is 5.56 Å². The summed E-state index contributed by atoms with van der Waals surface area (Å²) in [5, 5.41) is 3.68. The second-order valence-corrected chi connectivity index (χ2v) is 5.29. The summed E-state index contributed by atoms with van der Waals surface area (Å²) in [6.07, 6.45) is 0.331. The standard InChI is InChI=1S/C14H10Cl2N2O2/c15-8-1-2-9(16)12(5-8)20-13-6-11-7(3-10(13)17)4-14(19)18-11/h1-3,5-6H,4,17H2,(H,18,19). The highest BCUT2D eigenvalue weighted by Crippen LogP contribution is 2.38. The van der Waals surface area contributed by atoms with Gasteiger partial charge in [-0.2, -0.15) is 0 Å². The van der Waals surface area contributed by atoms with Gasteiger partial charge < -0.3 is 15.8 Å². The Balaban J connectivity index is 1.97. The van der Waals surface area contributed by atoms with Crippen LogP contribution in [0.3, 0.4) is 0 Å². The Morgan fingerprint density at radius 1 is 1.15 bits per heavy atom. The second kappa shape index (κ2) is 4.89. The maximum Gasteiger partial charge on any atom is 0.228 e. The van der Waals surface area contributed by atoms with Gasteiger partial charge in [-0.1, -0.05) is 23.2 Å². The summed E-state index contributed by atoms with van der Waals surface area (Å²) in [6, 6.07) is 8.33. The molecule has 1 aliphatic heterocycles. The first-order chi connectivity index (χ1) is 9.52. The third kappa shape index (κ3) is 2.40. The molecule has 2 aromatic carbocycles. The lowest BCUT2D eigenvalue weighted by molar-refractivity contribution is -0.115. The van der Waals surface area contributed by atoms with Gasteiger partial charge in [0.05, 0.1) is 17.1 Å². The fourth-order valence-corrected chi connectivity index (χ4v) is 2.35. The van der Waals surface area contributed by atoms with Crippen molar-refractivity contribution in [3.05, 3.63) is 45.9 Å². The molecule has 0 fully saturated rings. The molecule has 0 saturated heterocycles. The Morgan fingerprint density at radius 2 is 1.95 bits per heavy atom. The molecule has 2 aromatic rings. The zero-order valence-corrected chi connectivity index (χ0v) is 11.8. The van der Waals surface area contributed by atoms with E-state index in [1.807, 2.05) is 0 Å². The number of ether oxygens (including phenoxy) is 1. The van der Waals surface area contributed by atoms with Crippen LogP contribution in [0.15, 0.2) is 30.3 Å². The summed E-state index contributed by atoms with van der Waals surface area (Å²) in [4.78, 5) is 11.3. The molecule has 0 bridgehead atoms. The van der Waals surface area contributed by atoms with E-state index in [2.05, 4.69) is 5.32 Å². The topological polar surface area (TPSA) is 64.3 Å². The molecule has 0 aromatic heterocycles. The first-order valence-corrected chi connectivity index (χ1v) is 6.63. The largest absolute Gasteiger partial charge is 0.453 e. The minimum Gasteiger partial charge on any atom is -0.453 e. The van der Waals surface area contributed by atoms with Crippen molar-refractivity contribution in [1.29, 1.82) is 0 Å². The Bertz CT molecular complexity index is 717. The van der Waals surface area contributed by atoms with E-state index in [4.69, 9.17) is 33.7 Å². The number of hydrogen-bond acceptors (Lipinski definition) is 3. The predicted octanol–water partition coefficient (Wildman–Crippen LogP) is 3.86. The highest BCUT2D eigenvalue weighted by molar-refractivity contribution is 6.34. The average molecular weight is 309 g/mol. The molecule has 6 heteroatoms. The molecule has 0 atom stereocenters. The number of halogens is 2. The third-order valence-corrected chi connectivity index (χ3v) is 3.52. The van der Waals surface area contributed by atoms with Crippen molar-refractivity contribution >= 4 is 40.5 Å². The Morgan fingerprint density at radius 3 is 2.75 bits per heavy atom. The number of hydrogen-bond donors (Lipinski definition) is 2. The van der Waals surface area contributed by atoms with Gasteiger partial charge in [-0.05, 0) is 23.8 Å². The number of amides is 1. The van der Waals surface area contributed by atoms with Gasteiger partial charge in [-0.3, -0.25) is 4.79 Å². The molecule has 4 nitrogen and oxygen atoms in total. The number of nitrogens with two attached hydrogens (primary N) is 1. The van der Waals surface area contributed by atoms with Crippen LogP contribution in [0.2, 0.25) is 10.0 Å². The molecule has 1 aliphatic rings. The molecule has 0 aliphatic carbocycles. The Kier molecular flexibility index (Phi) is 3.20. The monoisotopic (exact) mass is 308 g/mol. The van der Waals surface area contributed by atoms with Crippen LogP contribution in [0.1, 0.15) is 5.56 Å². The van der Waals surface area contributed by atoms with Crippen molar-refractivity contribution in [2.24, 2.45) is 0 Å². The van der Waals surface area contributed by atoms with E-state index in [-0.39, 0.29) is 5.91 Å². The zero-order valence-electron chi connectivity index (χ0n) is 10.2. The lowest BCUT2D eigenvalue weighted by Crippen LogP contribution is -2.03. The summed E-state index contributed by atoms with van der Waals surface area (Å²) in [5.74, 6) is 0.780. The van der Waals surface area contributed by atoms with Crippen molar-refractivity contribution in [2.75, 3.05) is 11.1 Å². The van der Waals surface area contributed by atoms with Gasteiger partial charge >= 0.3 is 0 Å². The van der Waals surface area contributed by atoms with Crippen molar-refractivity contribution in [3.63, 3.8) is 0 Å². The van der Waals surface area contributed by atoms with Crippen LogP contribution in [0.5, 0.6) is 11.5 Å². The summed E-state index contributed by atoms with van der Waals surface area (Å²) >= 11 is 12.0. The molecule has 3 rings (SSSR count). The van der Waals surface area contributed by atoms with E-state index in [9.17, 15) is 4.79 Å². The molecule has 102 valence electrons. The van der Waals surface area contributed by atoms with Crippen molar-refractivity contribution in [2.45, 2.75) is 6.42 Å². The number of anilines is 2. The highest BCUT2D eigenvalue weighted by atomic mass is 35.5. The quantitative estimate of drug-likeness (QED) is 0.828. The third-order valence-electron chi connectivity index (χ3n) is 2.97. The number of carbonyl (C=O) groups is 1. The number of rotatable bonds is 2. The van der Waals surface area contributed by atoms with Gasteiger partial charge in [0.15, 0.2) is 5.75 Å². The summed E-state index contributed by atoms with van der Waals surface area (Å²) in [7, 11) is 0. The van der Waals surface area contributed by atoms with Gasteiger partial charge in [0.25, 0.3) is 0 Å². The van der Waals surface area contributed by atoms with E-state index in [0.29, 0.717) is 39.3 Å². The van der Waals surface area contributed by atoms with E-state index < -0.39 is 0 Å². The van der Waals surface area contributed by atoms with Crippen LogP contribution in [0.4, 0.5) is 11.4 Å². The molecule has 1 amide bonds. The number of nitrogen functional groups attached to an aromatic ring is 1. The minimum absolute atomic E-state index is 0.0580. The lowest BCUT2D eigenvalue weighted by Gasteiger charge is -2.12. The average Bonchev–Trinajstić information content (AvgIpc) is 2.73. The molecule has 1 heterocycles. The summed E-state index contributed by atoms with van der Waals surface area (Å²) in [5.41, 5.74) is 7.94. The van der Waals surface area contributed by atoms with E-state index in [1.54, 1.807) is 30.3 Å². The van der Waals surface area contributed by atoms with Crippen LogP contribution in [-0.4, -0.2) is 5.91 Å². The summed E-state index contributed by atoms with van der Waals surface area (Å²) in [6.45, 7) is 0. The van der Waals surface area contributed by atoms with Crippen LogP contribution in [0, 0.1) is 0 Å². The molecular weight excluding hydrogens is 299 g/mol. The van der Waals surface area contributed by atoms with E-state index in [1.165, 1.54) is 0 Å². The first-order valence-electron chi connectivity index (χ1n) is 5.88. The molecule has 20 heavy (non-hydrogen) atoms. The van der Waals surface area contributed by atoms with Crippen molar-refractivity contribution in [3.8, 4) is 11.5 Å². The molecule has 0 spiro atoms.